The van der Waals surface area contributed by atoms with Gasteiger partial charge in [-0.25, -0.2) is 0 Å². The lowest BCUT2D eigenvalue weighted by Crippen LogP contribution is -2.24. The average Bonchev–Trinajstić information content (AvgIpc) is 3.09. The topological polar surface area (TPSA) is 32.3 Å². The minimum Gasteiger partial charge on any atom is -0.352 e. The minimum absolute atomic E-state index is 0.00996. The highest BCUT2D eigenvalue weighted by atomic mass is 35.5. The van der Waals surface area contributed by atoms with Crippen molar-refractivity contribution >= 4 is 17.5 Å². The molecule has 2 aromatic rings. The molecule has 0 saturated carbocycles. The minimum atomic E-state index is -0.00996. The number of rotatable bonds is 6. The molecule has 0 radical (unpaired) electrons. The molecule has 126 valence electrons. The van der Waals surface area contributed by atoms with Gasteiger partial charge in [0, 0.05) is 18.1 Å². The molecule has 4 heteroatoms. The van der Waals surface area contributed by atoms with Crippen molar-refractivity contribution in [1.29, 1.82) is 0 Å². The number of amides is 1. The summed E-state index contributed by atoms with van der Waals surface area (Å²) in [7, 11) is 0. The smallest absolute Gasteiger partial charge is 0.224 e. The molecule has 1 heterocycles. The van der Waals surface area contributed by atoms with Gasteiger partial charge in [0.25, 0.3) is 0 Å². The van der Waals surface area contributed by atoms with Crippen LogP contribution in [0.15, 0.2) is 48.5 Å². The molecule has 24 heavy (non-hydrogen) atoms. The lowest BCUT2D eigenvalue weighted by atomic mass is 10.1. The van der Waals surface area contributed by atoms with Gasteiger partial charge >= 0.3 is 0 Å². The van der Waals surface area contributed by atoms with E-state index in [4.69, 9.17) is 11.6 Å². The van der Waals surface area contributed by atoms with E-state index in [0.29, 0.717) is 18.0 Å². The Labute approximate surface area is 148 Å². The highest BCUT2D eigenvalue weighted by molar-refractivity contribution is 6.31. The molecule has 0 unspecified atom stereocenters. The normalized spacial score (nSPS) is 14.7. The molecule has 3 nitrogen and oxygen atoms in total. The molecular formula is C20H23ClN2O. The predicted molar refractivity (Wildman–Crippen MR) is 98.0 cm³/mol. The fourth-order valence-corrected chi connectivity index (χ4v) is 3.24. The Hall–Kier alpha value is -1.84. The van der Waals surface area contributed by atoms with Gasteiger partial charge in [-0.15, -0.1) is 0 Å². The number of carbonyl (C=O) groups excluding carboxylic acids is 1. The number of likely N-dealkylation sites (tertiary alicyclic amines) is 1. The Balaban J connectivity index is 1.47. The van der Waals surface area contributed by atoms with E-state index >= 15 is 0 Å². The summed E-state index contributed by atoms with van der Waals surface area (Å²) >= 11 is 6.09. The van der Waals surface area contributed by atoms with Crippen LogP contribution in [0.2, 0.25) is 5.02 Å². The van der Waals surface area contributed by atoms with Crippen LogP contribution in [0.5, 0.6) is 0 Å². The molecular weight excluding hydrogens is 320 g/mol. The van der Waals surface area contributed by atoms with E-state index in [9.17, 15) is 4.79 Å². The SMILES string of the molecule is O=C(Cc1ccccc1Cl)NCc1ccc(CN2CCCC2)cc1. The standard InChI is InChI=1S/C20H23ClN2O/c21-19-6-2-1-5-18(19)13-20(24)22-14-16-7-9-17(10-8-16)15-23-11-3-4-12-23/h1-2,5-10H,3-4,11-15H2,(H,22,24). The third-order valence-corrected chi connectivity index (χ3v) is 4.80. The molecule has 1 amide bonds. The molecule has 2 aromatic carbocycles. The third kappa shape index (κ3) is 4.83. The summed E-state index contributed by atoms with van der Waals surface area (Å²) in [4.78, 5) is 14.5. The van der Waals surface area contributed by atoms with Gasteiger partial charge in [0.1, 0.15) is 0 Å². The number of hydrogen-bond donors (Lipinski definition) is 1. The Morgan fingerprint density at radius 3 is 2.38 bits per heavy atom. The summed E-state index contributed by atoms with van der Waals surface area (Å²) in [6.07, 6.45) is 2.94. The zero-order chi connectivity index (χ0) is 16.8. The molecule has 0 aromatic heterocycles. The number of carbonyl (C=O) groups is 1. The second-order valence-corrected chi connectivity index (χ2v) is 6.75. The molecule has 0 spiro atoms. The summed E-state index contributed by atoms with van der Waals surface area (Å²) in [6.45, 7) is 3.99. The maximum atomic E-state index is 12.1. The van der Waals surface area contributed by atoms with Gasteiger partial charge in [0.15, 0.2) is 0 Å². The van der Waals surface area contributed by atoms with Crippen LogP contribution in [-0.2, 0) is 24.3 Å². The average molecular weight is 343 g/mol. The summed E-state index contributed by atoms with van der Waals surface area (Å²) < 4.78 is 0. The number of nitrogens with one attached hydrogen (secondary N) is 1. The summed E-state index contributed by atoms with van der Waals surface area (Å²) in [5, 5.41) is 3.60. The van der Waals surface area contributed by atoms with Crippen molar-refractivity contribution in [1.82, 2.24) is 10.2 Å². The summed E-state index contributed by atoms with van der Waals surface area (Å²) in [6, 6.07) is 16.0. The zero-order valence-corrected chi connectivity index (χ0v) is 14.6. The second-order valence-electron chi connectivity index (χ2n) is 6.34. The highest BCUT2D eigenvalue weighted by Crippen LogP contribution is 2.16. The van der Waals surface area contributed by atoms with Crippen molar-refractivity contribution in [3.05, 3.63) is 70.2 Å². The van der Waals surface area contributed by atoms with Crippen LogP contribution in [0, 0.1) is 0 Å². The predicted octanol–water partition coefficient (Wildman–Crippen LogP) is 3.79. The largest absolute Gasteiger partial charge is 0.352 e. The third-order valence-electron chi connectivity index (χ3n) is 4.43. The van der Waals surface area contributed by atoms with E-state index in [1.54, 1.807) is 0 Å². The first-order chi connectivity index (χ1) is 11.7. The van der Waals surface area contributed by atoms with Gasteiger partial charge < -0.3 is 5.32 Å². The van der Waals surface area contributed by atoms with Crippen molar-refractivity contribution in [2.45, 2.75) is 32.4 Å². The molecule has 1 saturated heterocycles. The highest BCUT2D eigenvalue weighted by Gasteiger charge is 2.11. The van der Waals surface area contributed by atoms with Crippen molar-refractivity contribution < 1.29 is 4.79 Å². The van der Waals surface area contributed by atoms with Gasteiger partial charge in [-0.3, -0.25) is 9.69 Å². The van der Waals surface area contributed by atoms with E-state index in [1.165, 1.54) is 31.5 Å². The Morgan fingerprint density at radius 1 is 1.00 bits per heavy atom. The quantitative estimate of drug-likeness (QED) is 0.866. The van der Waals surface area contributed by atoms with E-state index in [2.05, 4.69) is 34.5 Å². The Morgan fingerprint density at radius 2 is 1.67 bits per heavy atom. The second kappa shape index (κ2) is 8.32. The number of hydrogen-bond acceptors (Lipinski definition) is 2. The first-order valence-corrected chi connectivity index (χ1v) is 8.89. The van der Waals surface area contributed by atoms with Crippen molar-refractivity contribution in [2.75, 3.05) is 13.1 Å². The Kier molecular flexibility index (Phi) is 5.89. The summed E-state index contributed by atoms with van der Waals surface area (Å²) in [5.41, 5.74) is 3.31. The van der Waals surface area contributed by atoms with Crippen LogP contribution in [0.1, 0.15) is 29.5 Å². The number of halogens is 1. The fourth-order valence-electron chi connectivity index (χ4n) is 3.04. The van der Waals surface area contributed by atoms with E-state index in [0.717, 1.165) is 17.7 Å². The van der Waals surface area contributed by atoms with Crippen LogP contribution < -0.4 is 5.32 Å². The van der Waals surface area contributed by atoms with Crippen LogP contribution in [0.25, 0.3) is 0 Å². The first kappa shape index (κ1) is 17.0. The monoisotopic (exact) mass is 342 g/mol. The van der Waals surface area contributed by atoms with Crippen LogP contribution >= 0.6 is 11.6 Å². The van der Waals surface area contributed by atoms with Crippen LogP contribution in [0.3, 0.4) is 0 Å². The van der Waals surface area contributed by atoms with Gasteiger partial charge in [-0.05, 0) is 48.7 Å². The molecule has 0 atom stereocenters. The maximum absolute atomic E-state index is 12.1. The van der Waals surface area contributed by atoms with Crippen molar-refractivity contribution in [2.24, 2.45) is 0 Å². The first-order valence-electron chi connectivity index (χ1n) is 8.51. The van der Waals surface area contributed by atoms with E-state index in [1.807, 2.05) is 24.3 Å². The number of benzene rings is 2. The van der Waals surface area contributed by atoms with E-state index in [-0.39, 0.29) is 5.91 Å². The molecule has 1 aliphatic heterocycles. The molecule has 1 N–H and O–H groups in total. The van der Waals surface area contributed by atoms with Gasteiger partial charge in [-0.2, -0.15) is 0 Å². The lowest BCUT2D eigenvalue weighted by Gasteiger charge is -2.14. The van der Waals surface area contributed by atoms with Crippen molar-refractivity contribution in [3.8, 4) is 0 Å². The van der Waals surface area contributed by atoms with Gasteiger partial charge in [-0.1, -0.05) is 54.1 Å². The van der Waals surface area contributed by atoms with Gasteiger partial charge in [0.05, 0.1) is 6.42 Å². The fraction of sp³-hybridized carbons (Fsp3) is 0.350. The Bertz CT molecular complexity index is 678. The molecule has 0 bridgehead atoms. The van der Waals surface area contributed by atoms with Crippen LogP contribution in [-0.4, -0.2) is 23.9 Å². The zero-order valence-electron chi connectivity index (χ0n) is 13.8. The molecule has 1 fully saturated rings. The van der Waals surface area contributed by atoms with E-state index < -0.39 is 0 Å². The summed E-state index contributed by atoms with van der Waals surface area (Å²) in [5.74, 6) is -0.00996. The number of nitrogens with zero attached hydrogens (tertiary/aromatic N) is 1. The van der Waals surface area contributed by atoms with Crippen molar-refractivity contribution in [3.63, 3.8) is 0 Å². The molecule has 1 aliphatic rings. The maximum Gasteiger partial charge on any atom is 0.224 e. The molecule has 0 aliphatic carbocycles. The van der Waals surface area contributed by atoms with Crippen LogP contribution in [0.4, 0.5) is 0 Å². The lowest BCUT2D eigenvalue weighted by molar-refractivity contribution is -0.120. The van der Waals surface area contributed by atoms with Gasteiger partial charge in [0.2, 0.25) is 5.91 Å². The molecule has 3 rings (SSSR count).